The van der Waals surface area contributed by atoms with Crippen molar-refractivity contribution >= 4 is 18.0 Å². The number of fused-ring (bicyclic) bond motifs is 7. The average molecular weight is 619 g/mol. The van der Waals surface area contributed by atoms with Crippen molar-refractivity contribution in [2.75, 3.05) is 6.61 Å². The molecule has 246 valence electrons. The summed E-state index contributed by atoms with van der Waals surface area (Å²) < 4.78 is 6.18. The number of carboxylic acid groups (broad SMARTS) is 1. The number of hydrogen-bond donors (Lipinski definition) is 3. The fourth-order valence-corrected chi connectivity index (χ4v) is 12.1. The molecule has 5 aliphatic carbocycles. The summed E-state index contributed by atoms with van der Waals surface area (Å²) >= 11 is 0. The number of aliphatic hydroxyl groups excluding tert-OH is 1. The first-order valence-corrected chi connectivity index (χ1v) is 17.4. The van der Waals surface area contributed by atoms with Gasteiger partial charge in [-0.2, -0.15) is 0 Å². The molecule has 0 heterocycles. The van der Waals surface area contributed by atoms with Crippen LogP contribution in [0.5, 0.6) is 5.75 Å². The van der Waals surface area contributed by atoms with Gasteiger partial charge in [0.25, 0.3) is 0 Å². The molecule has 10 atom stereocenters. The molecule has 1 aromatic rings. The standard InChI is InChI=1S/C39H54O6/c1-24-26(23-40)15-20-39(34(43)44)22-21-37(5)28(33(24)39)12-13-30-36(4)18-17-31(35(2,3)29(36)16-19-38(30,37)6)45-32(42)14-9-25-7-10-27(41)11-8-25/h7-12,14,24,26,29-31,33,40-41H,13,15-23H2,1-6H3,(H,43,44)/b14-9+. The minimum Gasteiger partial charge on any atom is -0.508 e. The maximum atomic E-state index is 13.0. The highest BCUT2D eigenvalue weighted by molar-refractivity contribution is 5.87. The second kappa shape index (κ2) is 11.0. The van der Waals surface area contributed by atoms with E-state index in [1.54, 1.807) is 30.3 Å². The Morgan fingerprint density at radius 3 is 2.31 bits per heavy atom. The molecule has 5 aliphatic rings. The fourth-order valence-electron chi connectivity index (χ4n) is 12.1. The van der Waals surface area contributed by atoms with Gasteiger partial charge in [0, 0.05) is 18.1 Å². The second-order valence-electron chi connectivity index (χ2n) is 16.8. The molecular weight excluding hydrogens is 564 g/mol. The van der Waals surface area contributed by atoms with Gasteiger partial charge in [-0.3, -0.25) is 4.79 Å². The molecular formula is C39H54O6. The van der Waals surface area contributed by atoms with Gasteiger partial charge in [0.1, 0.15) is 11.9 Å². The number of phenols is 1. The van der Waals surface area contributed by atoms with Gasteiger partial charge < -0.3 is 20.1 Å². The number of aromatic hydroxyl groups is 1. The quantitative estimate of drug-likeness (QED) is 0.175. The average Bonchev–Trinajstić information content (AvgIpc) is 2.98. The molecule has 6 nitrogen and oxygen atoms in total. The van der Waals surface area contributed by atoms with E-state index < -0.39 is 11.4 Å². The predicted molar refractivity (Wildman–Crippen MR) is 175 cm³/mol. The number of esters is 1. The number of ether oxygens (including phenoxy) is 1. The van der Waals surface area contributed by atoms with Gasteiger partial charge in [-0.1, -0.05) is 65.3 Å². The molecule has 1 aromatic carbocycles. The van der Waals surface area contributed by atoms with E-state index in [-0.39, 0.29) is 63.8 Å². The first kappa shape index (κ1) is 32.3. The topological polar surface area (TPSA) is 104 Å². The van der Waals surface area contributed by atoms with Crippen molar-refractivity contribution in [3.05, 3.63) is 47.6 Å². The number of carboxylic acids is 1. The van der Waals surface area contributed by atoms with Crippen molar-refractivity contribution in [2.24, 2.45) is 56.7 Å². The highest BCUT2D eigenvalue weighted by atomic mass is 16.5. The maximum absolute atomic E-state index is 13.0. The summed E-state index contributed by atoms with van der Waals surface area (Å²) in [5.74, 6) is 0.369. The van der Waals surface area contributed by atoms with Gasteiger partial charge in [-0.25, -0.2) is 4.79 Å². The molecule has 0 aliphatic heterocycles. The van der Waals surface area contributed by atoms with E-state index in [9.17, 15) is 24.9 Å². The third-order valence-corrected chi connectivity index (χ3v) is 14.9. The van der Waals surface area contributed by atoms with Gasteiger partial charge in [0.15, 0.2) is 0 Å². The lowest BCUT2D eigenvalue weighted by Gasteiger charge is -2.71. The van der Waals surface area contributed by atoms with Crippen molar-refractivity contribution in [3.63, 3.8) is 0 Å². The third kappa shape index (κ3) is 4.66. The molecule has 4 fully saturated rings. The van der Waals surface area contributed by atoms with Crippen molar-refractivity contribution in [1.29, 1.82) is 0 Å². The minimum absolute atomic E-state index is 0.0239. The van der Waals surface area contributed by atoms with Crippen LogP contribution in [-0.4, -0.2) is 40.0 Å². The highest BCUT2D eigenvalue weighted by Gasteiger charge is 2.69. The van der Waals surface area contributed by atoms with Crippen molar-refractivity contribution in [2.45, 2.75) is 105 Å². The third-order valence-electron chi connectivity index (χ3n) is 14.9. The van der Waals surface area contributed by atoms with Gasteiger partial charge in [-0.05, 0) is 127 Å². The maximum Gasteiger partial charge on any atom is 0.331 e. The molecule has 4 saturated carbocycles. The molecule has 0 bridgehead atoms. The van der Waals surface area contributed by atoms with Crippen LogP contribution < -0.4 is 0 Å². The summed E-state index contributed by atoms with van der Waals surface area (Å²) in [5, 5.41) is 30.5. The molecule has 0 aromatic heterocycles. The molecule has 0 amide bonds. The normalized spacial score (nSPS) is 43.7. The van der Waals surface area contributed by atoms with E-state index in [0.29, 0.717) is 24.7 Å². The number of hydrogen-bond acceptors (Lipinski definition) is 5. The van der Waals surface area contributed by atoms with Crippen LogP contribution in [0, 0.1) is 56.7 Å². The van der Waals surface area contributed by atoms with Gasteiger partial charge in [0.2, 0.25) is 0 Å². The van der Waals surface area contributed by atoms with E-state index in [1.165, 1.54) is 11.6 Å². The summed E-state index contributed by atoms with van der Waals surface area (Å²) in [5.41, 5.74) is 1.36. The van der Waals surface area contributed by atoms with Crippen LogP contribution in [0.4, 0.5) is 0 Å². The number of benzene rings is 1. The molecule has 45 heavy (non-hydrogen) atoms. The van der Waals surface area contributed by atoms with Crippen LogP contribution >= 0.6 is 0 Å². The Hall–Kier alpha value is -2.60. The fraction of sp³-hybridized carbons (Fsp3) is 0.692. The molecule has 0 radical (unpaired) electrons. The number of carbonyl (C=O) groups excluding carboxylic acids is 1. The number of carbonyl (C=O) groups is 2. The van der Waals surface area contributed by atoms with E-state index >= 15 is 0 Å². The van der Waals surface area contributed by atoms with Crippen LogP contribution in [0.3, 0.4) is 0 Å². The van der Waals surface area contributed by atoms with Crippen molar-refractivity contribution in [3.8, 4) is 5.75 Å². The van der Waals surface area contributed by atoms with Gasteiger partial charge in [-0.15, -0.1) is 0 Å². The zero-order chi connectivity index (χ0) is 32.6. The first-order chi connectivity index (χ1) is 21.1. The Balaban J connectivity index is 1.27. The van der Waals surface area contributed by atoms with Crippen LogP contribution in [-0.2, 0) is 14.3 Å². The van der Waals surface area contributed by atoms with Gasteiger partial charge in [0.05, 0.1) is 5.41 Å². The monoisotopic (exact) mass is 618 g/mol. The number of allylic oxidation sites excluding steroid dienone is 2. The first-order valence-electron chi connectivity index (χ1n) is 17.4. The largest absolute Gasteiger partial charge is 0.508 e. The number of phenolic OH excluding ortho intramolecular Hbond substituents is 1. The zero-order valence-electron chi connectivity index (χ0n) is 28.1. The summed E-state index contributed by atoms with van der Waals surface area (Å²) in [7, 11) is 0. The Morgan fingerprint density at radius 2 is 1.64 bits per heavy atom. The van der Waals surface area contributed by atoms with Crippen LogP contribution in [0.15, 0.2) is 42.0 Å². The second-order valence-corrected chi connectivity index (χ2v) is 16.8. The Kier molecular flexibility index (Phi) is 7.90. The predicted octanol–water partition coefficient (Wildman–Crippen LogP) is 8.03. The molecule has 3 N–H and O–H groups in total. The van der Waals surface area contributed by atoms with Crippen LogP contribution in [0.2, 0.25) is 0 Å². The lowest BCUT2D eigenvalue weighted by Crippen LogP contribution is -2.65. The van der Waals surface area contributed by atoms with E-state index in [0.717, 1.165) is 50.5 Å². The minimum atomic E-state index is -0.721. The lowest BCUT2D eigenvalue weighted by molar-refractivity contribution is -0.213. The zero-order valence-corrected chi connectivity index (χ0v) is 28.1. The number of rotatable bonds is 5. The van der Waals surface area contributed by atoms with Crippen molar-refractivity contribution < 1.29 is 29.6 Å². The number of aliphatic hydroxyl groups is 1. The Bertz CT molecular complexity index is 1390. The summed E-state index contributed by atoms with van der Waals surface area (Å²) in [6.07, 6.45) is 13.6. The summed E-state index contributed by atoms with van der Waals surface area (Å²) in [6.45, 7) is 14.4. The summed E-state index contributed by atoms with van der Waals surface area (Å²) in [4.78, 5) is 26.0. The van der Waals surface area contributed by atoms with Crippen LogP contribution in [0.1, 0.15) is 105 Å². The summed E-state index contributed by atoms with van der Waals surface area (Å²) in [6, 6.07) is 6.75. The molecule has 10 unspecified atom stereocenters. The Morgan fingerprint density at radius 1 is 0.933 bits per heavy atom. The smallest absolute Gasteiger partial charge is 0.331 e. The van der Waals surface area contributed by atoms with E-state index in [2.05, 4.69) is 47.6 Å². The SMILES string of the molecule is CC1C(CO)CCC2(C(=O)O)CCC3(C)C(=CCC4C5(C)CCC(OC(=O)/C=C/c6ccc(O)cc6)C(C)(C)C5CCC43C)C12. The van der Waals surface area contributed by atoms with E-state index in [4.69, 9.17) is 4.74 Å². The van der Waals surface area contributed by atoms with Crippen LogP contribution in [0.25, 0.3) is 6.08 Å². The molecule has 0 spiro atoms. The molecule has 6 heteroatoms. The molecule has 6 rings (SSSR count). The van der Waals surface area contributed by atoms with E-state index in [1.807, 2.05) is 0 Å². The molecule has 0 saturated heterocycles. The Labute approximate surface area is 269 Å². The lowest BCUT2D eigenvalue weighted by atomic mass is 9.33. The van der Waals surface area contributed by atoms with Crippen molar-refractivity contribution in [1.82, 2.24) is 0 Å². The number of aliphatic carboxylic acids is 1. The van der Waals surface area contributed by atoms with Gasteiger partial charge >= 0.3 is 11.9 Å². The highest BCUT2D eigenvalue weighted by Crippen LogP contribution is 2.75.